The molecule has 0 aromatic carbocycles. The lowest BCUT2D eigenvalue weighted by atomic mass is 10.4. The number of thioether (sulfide) groups is 1. The van der Waals surface area contributed by atoms with Gasteiger partial charge in [0.05, 0.1) is 10.9 Å². The van der Waals surface area contributed by atoms with Crippen molar-refractivity contribution < 1.29 is 9.32 Å². The van der Waals surface area contributed by atoms with Crippen LogP contribution in [0.2, 0.25) is 0 Å². The number of nitrogens with one attached hydrogen (secondary N) is 1. The number of hydrogen-bond acceptors (Lipinski definition) is 7. The Morgan fingerprint density at radius 1 is 1.50 bits per heavy atom. The second-order valence-electron chi connectivity index (χ2n) is 3.67. The van der Waals surface area contributed by atoms with Gasteiger partial charge in [0.1, 0.15) is 5.01 Å². The first-order chi connectivity index (χ1) is 8.54. The number of aryl methyl sites for hydroxylation is 2. The summed E-state index contributed by atoms with van der Waals surface area (Å²) in [4.78, 5) is 11.9. The fraction of sp³-hybridized carbons (Fsp3) is 0.400. The second kappa shape index (κ2) is 5.49. The van der Waals surface area contributed by atoms with Gasteiger partial charge in [-0.05, 0) is 20.8 Å². The maximum absolute atomic E-state index is 11.9. The van der Waals surface area contributed by atoms with Gasteiger partial charge in [0.15, 0.2) is 4.34 Å². The van der Waals surface area contributed by atoms with Gasteiger partial charge < -0.3 is 4.52 Å². The Hall–Kier alpha value is -1.41. The summed E-state index contributed by atoms with van der Waals surface area (Å²) >= 11 is 2.84. The predicted molar refractivity (Wildman–Crippen MR) is 69.8 cm³/mol. The molecule has 2 heterocycles. The summed E-state index contributed by atoms with van der Waals surface area (Å²) in [6.45, 7) is 5.48. The minimum atomic E-state index is -0.275. The van der Waals surface area contributed by atoms with Gasteiger partial charge in [-0.15, -0.1) is 10.2 Å². The maximum atomic E-state index is 11.9. The molecule has 2 aromatic heterocycles. The average molecular weight is 284 g/mol. The molecule has 0 aliphatic rings. The molecule has 0 aliphatic carbocycles. The van der Waals surface area contributed by atoms with Crippen molar-refractivity contribution >= 4 is 34.9 Å². The van der Waals surface area contributed by atoms with E-state index in [2.05, 4.69) is 20.7 Å². The first kappa shape index (κ1) is 13.0. The number of aromatic nitrogens is 3. The van der Waals surface area contributed by atoms with E-state index in [0.29, 0.717) is 5.88 Å². The average Bonchev–Trinajstić information content (AvgIpc) is 2.88. The summed E-state index contributed by atoms with van der Waals surface area (Å²) in [5, 5.41) is 14.8. The molecule has 0 saturated carbocycles. The lowest BCUT2D eigenvalue weighted by molar-refractivity contribution is -0.115. The molecule has 18 heavy (non-hydrogen) atoms. The lowest BCUT2D eigenvalue weighted by Gasteiger charge is -2.07. The quantitative estimate of drug-likeness (QED) is 0.867. The van der Waals surface area contributed by atoms with Crippen molar-refractivity contribution in [2.45, 2.75) is 30.4 Å². The largest absolute Gasteiger partial charge is 0.338 e. The van der Waals surface area contributed by atoms with Gasteiger partial charge >= 0.3 is 0 Å². The molecular weight excluding hydrogens is 272 g/mol. The zero-order valence-electron chi connectivity index (χ0n) is 10.1. The fourth-order valence-electron chi connectivity index (χ4n) is 1.18. The number of carbonyl (C=O) groups excluding carboxylic acids is 1. The van der Waals surface area contributed by atoms with Crippen LogP contribution in [0.4, 0.5) is 5.88 Å². The standard InChI is InChI=1S/C10H12N4O2S2/c1-5-4-8(16-14-5)11-9(15)6(2)17-10-13-12-7(3)18-10/h4,6H,1-3H3,(H,11,15)/t6-/m1/s1. The highest BCUT2D eigenvalue weighted by atomic mass is 32.2. The summed E-state index contributed by atoms with van der Waals surface area (Å²) in [5.74, 6) is 0.211. The molecule has 0 bridgehead atoms. The van der Waals surface area contributed by atoms with Crippen molar-refractivity contribution in [2.24, 2.45) is 0 Å². The van der Waals surface area contributed by atoms with Crippen LogP contribution < -0.4 is 5.32 Å². The Morgan fingerprint density at radius 2 is 2.28 bits per heavy atom. The zero-order valence-corrected chi connectivity index (χ0v) is 11.8. The molecule has 0 spiro atoms. The van der Waals surface area contributed by atoms with Crippen molar-refractivity contribution in [3.63, 3.8) is 0 Å². The number of hydrogen-bond donors (Lipinski definition) is 1. The van der Waals surface area contributed by atoms with Crippen molar-refractivity contribution in [3.05, 3.63) is 16.8 Å². The maximum Gasteiger partial charge on any atom is 0.240 e. The number of nitrogens with zero attached hydrogens (tertiary/aromatic N) is 3. The van der Waals surface area contributed by atoms with Gasteiger partial charge in [0.2, 0.25) is 11.8 Å². The Kier molecular flexibility index (Phi) is 3.97. The van der Waals surface area contributed by atoms with Crippen molar-refractivity contribution in [2.75, 3.05) is 5.32 Å². The summed E-state index contributed by atoms with van der Waals surface area (Å²) in [7, 11) is 0. The molecule has 2 aromatic rings. The van der Waals surface area contributed by atoms with Crippen LogP contribution in [0, 0.1) is 13.8 Å². The smallest absolute Gasteiger partial charge is 0.240 e. The van der Waals surface area contributed by atoms with Gasteiger partial charge in [-0.2, -0.15) is 0 Å². The van der Waals surface area contributed by atoms with E-state index in [9.17, 15) is 4.79 Å². The van der Waals surface area contributed by atoms with Crippen LogP contribution in [0.5, 0.6) is 0 Å². The molecule has 0 unspecified atom stereocenters. The van der Waals surface area contributed by atoms with Crippen molar-refractivity contribution in [1.29, 1.82) is 0 Å². The Bertz CT molecular complexity index is 552. The van der Waals surface area contributed by atoms with E-state index < -0.39 is 0 Å². The minimum absolute atomic E-state index is 0.149. The first-order valence-corrected chi connectivity index (χ1v) is 6.95. The monoisotopic (exact) mass is 284 g/mol. The third kappa shape index (κ3) is 3.30. The molecule has 1 amide bonds. The Labute approximate surface area is 112 Å². The van der Waals surface area contributed by atoms with Crippen LogP contribution in [-0.4, -0.2) is 26.5 Å². The van der Waals surface area contributed by atoms with Gasteiger partial charge in [-0.3, -0.25) is 10.1 Å². The van der Waals surface area contributed by atoms with Gasteiger partial charge in [-0.1, -0.05) is 28.3 Å². The van der Waals surface area contributed by atoms with E-state index in [1.807, 2.05) is 6.92 Å². The highest BCUT2D eigenvalue weighted by molar-refractivity contribution is 8.02. The summed E-state index contributed by atoms with van der Waals surface area (Å²) in [5.41, 5.74) is 0.727. The van der Waals surface area contributed by atoms with Crippen molar-refractivity contribution in [3.8, 4) is 0 Å². The Morgan fingerprint density at radius 3 is 2.83 bits per heavy atom. The van der Waals surface area contributed by atoms with Crippen LogP contribution in [-0.2, 0) is 4.79 Å². The van der Waals surface area contributed by atoms with Crippen LogP contribution >= 0.6 is 23.1 Å². The molecule has 96 valence electrons. The molecule has 6 nitrogen and oxygen atoms in total. The number of rotatable bonds is 4. The molecule has 1 N–H and O–H groups in total. The van der Waals surface area contributed by atoms with Gasteiger partial charge in [-0.25, -0.2) is 0 Å². The van der Waals surface area contributed by atoms with Crippen LogP contribution in [0.1, 0.15) is 17.6 Å². The topological polar surface area (TPSA) is 80.9 Å². The number of anilines is 1. The summed E-state index contributed by atoms with van der Waals surface area (Å²) in [6, 6.07) is 1.67. The van der Waals surface area contributed by atoms with E-state index in [4.69, 9.17) is 4.52 Å². The second-order valence-corrected chi connectivity index (χ2v) is 6.44. The van der Waals surface area contributed by atoms with E-state index in [-0.39, 0.29) is 11.2 Å². The SMILES string of the molecule is Cc1cc(NC(=O)[C@@H](C)Sc2nnc(C)s2)on1. The Balaban J connectivity index is 1.92. The summed E-state index contributed by atoms with van der Waals surface area (Å²) in [6.07, 6.45) is 0. The molecule has 1 atom stereocenters. The van der Waals surface area contributed by atoms with Crippen molar-refractivity contribution in [1.82, 2.24) is 15.4 Å². The molecule has 0 aliphatic heterocycles. The van der Waals surface area contributed by atoms with E-state index in [0.717, 1.165) is 15.0 Å². The number of carbonyl (C=O) groups is 1. The third-order valence-electron chi connectivity index (χ3n) is 2.03. The third-order valence-corrected chi connectivity index (χ3v) is 4.05. The van der Waals surface area contributed by atoms with Crippen LogP contribution in [0.15, 0.2) is 14.9 Å². The van der Waals surface area contributed by atoms with Gasteiger partial charge in [0, 0.05) is 6.07 Å². The molecular formula is C10H12N4O2S2. The van der Waals surface area contributed by atoms with E-state index in [1.165, 1.54) is 23.1 Å². The molecule has 0 radical (unpaired) electrons. The molecule has 8 heteroatoms. The lowest BCUT2D eigenvalue weighted by Crippen LogP contribution is -2.22. The summed E-state index contributed by atoms with van der Waals surface area (Å²) < 4.78 is 5.70. The highest BCUT2D eigenvalue weighted by Crippen LogP contribution is 2.26. The normalized spacial score (nSPS) is 12.4. The van der Waals surface area contributed by atoms with E-state index in [1.54, 1.807) is 19.9 Å². The first-order valence-electron chi connectivity index (χ1n) is 5.25. The molecule has 0 saturated heterocycles. The molecule has 0 fully saturated rings. The fourth-order valence-corrected chi connectivity index (χ4v) is 3.14. The highest BCUT2D eigenvalue weighted by Gasteiger charge is 2.18. The van der Waals surface area contributed by atoms with Crippen LogP contribution in [0.3, 0.4) is 0 Å². The van der Waals surface area contributed by atoms with Crippen LogP contribution in [0.25, 0.3) is 0 Å². The minimum Gasteiger partial charge on any atom is -0.338 e. The number of amides is 1. The molecule has 2 rings (SSSR count). The zero-order chi connectivity index (χ0) is 13.1. The van der Waals surface area contributed by atoms with Gasteiger partial charge in [0.25, 0.3) is 0 Å². The predicted octanol–water partition coefficient (Wildman–Crippen LogP) is 2.26. The van der Waals surface area contributed by atoms with E-state index >= 15 is 0 Å².